The Morgan fingerprint density at radius 2 is 2.05 bits per heavy atom. The molecule has 2 rings (SSSR count). The molecule has 0 unspecified atom stereocenters. The van der Waals surface area contributed by atoms with Crippen LogP contribution in [0.25, 0.3) is 0 Å². The van der Waals surface area contributed by atoms with E-state index in [4.69, 9.17) is 0 Å². The lowest BCUT2D eigenvalue weighted by Crippen LogP contribution is -2.28. The van der Waals surface area contributed by atoms with Gasteiger partial charge in [0, 0.05) is 25.4 Å². The highest BCUT2D eigenvalue weighted by Gasteiger charge is 2.11. The van der Waals surface area contributed by atoms with Crippen molar-refractivity contribution in [3.63, 3.8) is 0 Å². The summed E-state index contributed by atoms with van der Waals surface area (Å²) < 4.78 is 1.84. The summed E-state index contributed by atoms with van der Waals surface area (Å²) in [6, 6.07) is 3.12. The molecule has 0 radical (unpaired) electrons. The summed E-state index contributed by atoms with van der Waals surface area (Å²) in [5.41, 5.74) is 4.02. The maximum absolute atomic E-state index is 12.0. The van der Waals surface area contributed by atoms with Crippen LogP contribution in [0.5, 0.6) is 0 Å². The van der Waals surface area contributed by atoms with Crippen molar-refractivity contribution < 1.29 is 4.79 Å². The molecule has 0 saturated heterocycles. The second-order valence-corrected chi connectivity index (χ2v) is 5.21. The second kappa shape index (κ2) is 5.95. The minimum Gasteiger partial charge on any atom is -0.350 e. The van der Waals surface area contributed by atoms with Gasteiger partial charge < -0.3 is 10.3 Å². The van der Waals surface area contributed by atoms with Crippen LogP contribution >= 0.6 is 0 Å². The molecule has 0 aliphatic rings. The molecule has 1 amide bonds. The molecule has 2 aromatic heterocycles. The molecule has 2 N–H and O–H groups in total. The summed E-state index contributed by atoms with van der Waals surface area (Å²) >= 11 is 0. The molecule has 2 heterocycles. The first-order chi connectivity index (χ1) is 9.88. The standard InChI is InChI=1S/C15H20N4O2/c1-9-7-13(17-14(20)8-9)15(21)16-6-5-12-10(2)18-19(4)11(12)3/h7-8H,5-6H2,1-4H3,(H,16,21)(H,17,20). The molecule has 0 bridgehead atoms. The van der Waals surface area contributed by atoms with E-state index in [-0.39, 0.29) is 11.5 Å². The zero-order valence-corrected chi connectivity index (χ0v) is 12.8. The van der Waals surface area contributed by atoms with E-state index >= 15 is 0 Å². The summed E-state index contributed by atoms with van der Waals surface area (Å²) in [7, 11) is 1.90. The van der Waals surface area contributed by atoms with Crippen LogP contribution in [0.4, 0.5) is 0 Å². The highest BCUT2D eigenvalue weighted by atomic mass is 16.2. The van der Waals surface area contributed by atoms with Gasteiger partial charge in [0.2, 0.25) is 5.56 Å². The van der Waals surface area contributed by atoms with Crippen LogP contribution in [0.1, 0.15) is 33.0 Å². The Hall–Kier alpha value is -2.37. The molecule has 0 fully saturated rings. The molecular weight excluding hydrogens is 268 g/mol. The lowest BCUT2D eigenvalue weighted by molar-refractivity contribution is 0.0948. The molecule has 21 heavy (non-hydrogen) atoms. The van der Waals surface area contributed by atoms with Gasteiger partial charge in [-0.25, -0.2) is 0 Å². The van der Waals surface area contributed by atoms with E-state index < -0.39 is 0 Å². The Balaban J connectivity index is 2.00. The lowest BCUT2D eigenvalue weighted by atomic mass is 10.1. The second-order valence-electron chi connectivity index (χ2n) is 5.21. The largest absolute Gasteiger partial charge is 0.350 e. The minimum absolute atomic E-state index is 0.265. The Morgan fingerprint density at radius 1 is 1.33 bits per heavy atom. The SMILES string of the molecule is Cc1cc(C(=O)NCCc2c(C)nn(C)c2C)[nH]c(=O)c1. The lowest BCUT2D eigenvalue weighted by Gasteiger charge is -2.06. The Labute approximate surface area is 123 Å². The molecule has 0 aromatic carbocycles. The molecule has 0 saturated carbocycles. The Morgan fingerprint density at radius 3 is 2.62 bits per heavy atom. The van der Waals surface area contributed by atoms with E-state index in [0.29, 0.717) is 18.7 Å². The van der Waals surface area contributed by atoms with Gasteiger partial charge in [-0.05, 0) is 44.4 Å². The summed E-state index contributed by atoms with van der Waals surface area (Å²) in [6.45, 7) is 6.26. The van der Waals surface area contributed by atoms with Crippen LogP contribution in [0.15, 0.2) is 16.9 Å². The molecule has 0 spiro atoms. The quantitative estimate of drug-likeness (QED) is 0.881. The van der Waals surface area contributed by atoms with Gasteiger partial charge in [-0.15, -0.1) is 0 Å². The molecule has 0 aliphatic carbocycles. The predicted molar refractivity (Wildman–Crippen MR) is 80.5 cm³/mol. The first-order valence-electron chi connectivity index (χ1n) is 6.86. The number of nitrogens with zero attached hydrogens (tertiary/aromatic N) is 2. The average Bonchev–Trinajstić information content (AvgIpc) is 2.63. The number of aromatic nitrogens is 3. The maximum atomic E-state index is 12.0. The third-order valence-electron chi connectivity index (χ3n) is 3.55. The van der Waals surface area contributed by atoms with Crippen molar-refractivity contribution in [1.82, 2.24) is 20.1 Å². The fourth-order valence-electron chi connectivity index (χ4n) is 2.38. The summed E-state index contributed by atoms with van der Waals surface area (Å²) in [6.07, 6.45) is 0.716. The van der Waals surface area contributed by atoms with Crippen LogP contribution in [0, 0.1) is 20.8 Å². The fourth-order valence-corrected chi connectivity index (χ4v) is 2.38. The zero-order valence-electron chi connectivity index (χ0n) is 12.8. The molecule has 0 atom stereocenters. The van der Waals surface area contributed by atoms with Crippen molar-refractivity contribution >= 4 is 5.91 Å². The van der Waals surface area contributed by atoms with Crippen molar-refractivity contribution in [3.8, 4) is 0 Å². The number of H-pyrrole nitrogens is 1. The molecule has 6 nitrogen and oxygen atoms in total. The molecule has 0 aliphatic heterocycles. The van der Waals surface area contributed by atoms with Gasteiger partial charge in [-0.1, -0.05) is 0 Å². The molecule has 112 valence electrons. The first-order valence-corrected chi connectivity index (χ1v) is 6.86. The Kier molecular flexibility index (Phi) is 4.26. The van der Waals surface area contributed by atoms with Gasteiger partial charge in [0.1, 0.15) is 5.69 Å². The van der Waals surface area contributed by atoms with Crippen LogP contribution in [-0.2, 0) is 13.5 Å². The van der Waals surface area contributed by atoms with E-state index in [1.807, 2.05) is 25.6 Å². The minimum atomic E-state index is -0.269. The van der Waals surface area contributed by atoms with Crippen molar-refractivity contribution in [3.05, 3.63) is 50.7 Å². The van der Waals surface area contributed by atoms with Crippen molar-refractivity contribution in [2.75, 3.05) is 6.54 Å². The number of pyridine rings is 1. The van der Waals surface area contributed by atoms with E-state index in [1.54, 1.807) is 13.0 Å². The van der Waals surface area contributed by atoms with E-state index in [0.717, 1.165) is 22.5 Å². The summed E-state index contributed by atoms with van der Waals surface area (Å²) in [4.78, 5) is 25.9. The number of carbonyl (C=O) groups excluding carboxylic acids is 1. The monoisotopic (exact) mass is 288 g/mol. The first kappa shape index (κ1) is 15.0. The van der Waals surface area contributed by atoms with Gasteiger partial charge in [0.05, 0.1) is 5.69 Å². The van der Waals surface area contributed by atoms with Crippen LogP contribution in [0.2, 0.25) is 0 Å². The number of carbonyl (C=O) groups is 1. The van der Waals surface area contributed by atoms with Gasteiger partial charge in [0.15, 0.2) is 0 Å². The third-order valence-corrected chi connectivity index (χ3v) is 3.55. The van der Waals surface area contributed by atoms with Gasteiger partial charge in [-0.2, -0.15) is 5.10 Å². The normalized spacial score (nSPS) is 10.7. The smallest absolute Gasteiger partial charge is 0.267 e. The summed E-state index contributed by atoms with van der Waals surface area (Å²) in [5, 5.41) is 7.17. The predicted octanol–water partition coefficient (Wildman–Crippen LogP) is 1.01. The Bertz CT molecular complexity index is 728. The number of aryl methyl sites for hydroxylation is 3. The average molecular weight is 288 g/mol. The van der Waals surface area contributed by atoms with Crippen LogP contribution < -0.4 is 10.9 Å². The van der Waals surface area contributed by atoms with Gasteiger partial charge in [0.25, 0.3) is 5.91 Å². The molecular formula is C15H20N4O2. The zero-order chi connectivity index (χ0) is 15.6. The number of hydrogen-bond donors (Lipinski definition) is 2. The number of hydrogen-bond acceptors (Lipinski definition) is 3. The summed E-state index contributed by atoms with van der Waals surface area (Å²) in [5.74, 6) is -0.269. The van der Waals surface area contributed by atoms with E-state index in [1.165, 1.54) is 6.07 Å². The van der Waals surface area contributed by atoms with E-state index in [2.05, 4.69) is 15.4 Å². The topological polar surface area (TPSA) is 79.8 Å². The number of nitrogens with one attached hydrogen (secondary N) is 2. The maximum Gasteiger partial charge on any atom is 0.267 e. The number of rotatable bonds is 4. The van der Waals surface area contributed by atoms with E-state index in [9.17, 15) is 9.59 Å². The van der Waals surface area contributed by atoms with Crippen molar-refractivity contribution in [1.29, 1.82) is 0 Å². The van der Waals surface area contributed by atoms with Crippen LogP contribution in [0.3, 0.4) is 0 Å². The third kappa shape index (κ3) is 3.39. The van der Waals surface area contributed by atoms with Gasteiger partial charge >= 0.3 is 0 Å². The number of aromatic amines is 1. The van der Waals surface area contributed by atoms with Crippen molar-refractivity contribution in [2.45, 2.75) is 27.2 Å². The molecule has 6 heteroatoms. The number of amides is 1. The van der Waals surface area contributed by atoms with Crippen molar-refractivity contribution in [2.24, 2.45) is 7.05 Å². The fraction of sp³-hybridized carbons (Fsp3) is 0.400. The highest BCUT2D eigenvalue weighted by Crippen LogP contribution is 2.11. The van der Waals surface area contributed by atoms with Crippen LogP contribution in [-0.4, -0.2) is 27.2 Å². The molecule has 2 aromatic rings. The highest BCUT2D eigenvalue weighted by molar-refractivity contribution is 5.92. The van der Waals surface area contributed by atoms with Gasteiger partial charge in [-0.3, -0.25) is 14.3 Å².